The van der Waals surface area contributed by atoms with E-state index in [1.807, 2.05) is 12.1 Å². The second kappa shape index (κ2) is 6.01. The molecular weight excluding hydrogens is 268 g/mol. The summed E-state index contributed by atoms with van der Waals surface area (Å²) in [6.45, 7) is 3.08. The molecule has 3 rings (SSSR count). The topological polar surface area (TPSA) is 84.7 Å². The van der Waals surface area contributed by atoms with Crippen LogP contribution in [0.5, 0.6) is 0 Å². The van der Waals surface area contributed by atoms with Crippen LogP contribution in [0.1, 0.15) is 30.1 Å². The molecular formula is C14H18N6O. The minimum Gasteiger partial charge on any atom is -0.349 e. The van der Waals surface area contributed by atoms with Gasteiger partial charge in [-0.3, -0.25) is 4.79 Å². The lowest BCUT2D eigenvalue weighted by molar-refractivity contribution is 0.0925. The molecule has 2 N–H and O–H groups in total. The van der Waals surface area contributed by atoms with Crippen molar-refractivity contribution in [3.8, 4) is 5.69 Å². The van der Waals surface area contributed by atoms with Crippen LogP contribution in [0.2, 0.25) is 0 Å². The molecule has 2 heterocycles. The molecule has 110 valence electrons. The largest absolute Gasteiger partial charge is 0.349 e. The quantitative estimate of drug-likeness (QED) is 0.860. The molecule has 7 heteroatoms. The van der Waals surface area contributed by atoms with E-state index in [0.29, 0.717) is 11.6 Å². The van der Waals surface area contributed by atoms with E-state index in [0.717, 1.165) is 25.1 Å². The third kappa shape index (κ3) is 3.25. The molecule has 1 amide bonds. The van der Waals surface area contributed by atoms with Crippen molar-refractivity contribution in [1.29, 1.82) is 0 Å². The number of carbonyl (C=O) groups is 1. The summed E-state index contributed by atoms with van der Waals surface area (Å²) in [6, 6.07) is 7.95. The fourth-order valence-corrected chi connectivity index (χ4v) is 2.60. The fraction of sp³-hybridized carbons (Fsp3) is 0.429. The predicted octanol–water partition coefficient (Wildman–Crippen LogP) is 0.533. The number of benzene rings is 1. The Morgan fingerprint density at radius 2 is 2.38 bits per heavy atom. The Morgan fingerprint density at radius 3 is 3.14 bits per heavy atom. The molecule has 0 saturated carbocycles. The summed E-state index contributed by atoms with van der Waals surface area (Å²) in [5.41, 5.74) is 1.39. The average Bonchev–Trinajstić information content (AvgIpc) is 3.02. The highest BCUT2D eigenvalue weighted by molar-refractivity contribution is 5.94. The number of piperidine rings is 1. The zero-order valence-electron chi connectivity index (χ0n) is 11.9. The minimum absolute atomic E-state index is 0.0518. The van der Waals surface area contributed by atoms with E-state index in [4.69, 9.17) is 0 Å². The molecule has 7 nitrogen and oxygen atoms in total. The number of nitrogens with zero attached hydrogens (tertiary/aromatic N) is 4. The highest BCUT2D eigenvalue weighted by Gasteiger charge is 2.20. The van der Waals surface area contributed by atoms with Crippen molar-refractivity contribution >= 4 is 5.91 Å². The van der Waals surface area contributed by atoms with Crippen LogP contribution in [-0.4, -0.2) is 44.7 Å². The third-order valence-corrected chi connectivity index (χ3v) is 3.68. The van der Waals surface area contributed by atoms with Crippen LogP contribution in [0.25, 0.3) is 5.69 Å². The van der Waals surface area contributed by atoms with Crippen LogP contribution in [0.3, 0.4) is 0 Å². The van der Waals surface area contributed by atoms with Gasteiger partial charge in [0, 0.05) is 17.6 Å². The molecule has 1 aliphatic heterocycles. The molecule has 0 bridgehead atoms. The van der Waals surface area contributed by atoms with E-state index in [9.17, 15) is 4.79 Å². The van der Waals surface area contributed by atoms with Gasteiger partial charge in [0.2, 0.25) is 0 Å². The second-order valence-electron chi connectivity index (χ2n) is 5.35. The summed E-state index contributed by atoms with van der Waals surface area (Å²) in [6.07, 6.45) is 3.42. The van der Waals surface area contributed by atoms with Crippen LogP contribution in [-0.2, 0) is 0 Å². The zero-order chi connectivity index (χ0) is 14.7. The molecule has 1 saturated heterocycles. The number of nitrogens with one attached hydrogen (secondary N) is 2. The van der Waals surface area contributed by atoms with Crippen molar-refractivity contribution in [3.63, 3.8) is 0 Å². The van der Waals surface area contributed by atoms with Crippen molar-refractivity contribution in [1.82, 2.24) is 30.8 Å². The molecule has 1 aliphatic rings. The van der Waals surface area contributed by atoms with Gasteiger partial charge in [0.25, 0.3) is 5.91 Å². The number of rotatable bonds is 3. The first-order valence-electron chi connectivity index (χ1n) is 7.10. The van der Waals surface area contributed by atoms with Gasteiger partial charge >= 0.3 is 0 Å². The monoisotopic (exact) mass is 286 g/mol. The van der Waals surface area contributed by atoms with Crippen molar-refractivity contribution in [2.45, 2.75) is 31.8 Å². The number of aromatic nitrogens is 4. The Balaban J connectivity index is 1.71. The van der Waals surface area contributed by atoms with Gasteiger partial charge in [-0.05, 0) is 54.9 Å². The minimum atomic E-state index is -0.0518. The van der Waals surface area contributed by atoms with E-state index in [-0.39, 0.29) is 11.9 Å². The summed E-state index contributed by atoms with van der Waals surface area (Å²) in [5, 5.41) is 17.5. The number of amides is 1. The SMILES string of the molecule is CC1CC(NC(=O)c2cccc(-n3cnnn3)c2)CCN1. The molecule has 21 heavy (non-hydrogen) atoms. The number of tetrazole rings is 1. The van der Waals surface area contributed by atoms with E-state index in [2.05, 4.69) is 33.1 Å². The lowest BCUT2D eigenvalue weighted by Gasteiger charge is -2.28. The molecule has 2 atom stereocenters. The fourth-order valence-electron chi connectivity index (χ4n) is 2.60. The highest BCUT2D eigenvalue weighted by atomic mass is 16.1. The van der Waals surface area contributed by atoms with Gasteiger partial charge in [0.1, 0.15) is 6.33 Å². The van der Waals surface area contributed by atoms with Crippen molar-refractivity contribution in [3.05, 3.63) is 36.2 Å². The molecule has 2 unspecified atom stereocenters. The average molecular weight is 286 g/mol. The standard InChI is InChI=1S/C14H18N6O/c1-10-7-12(5-6-15-10)17-14(21)11-3-2-4-13(8-11)20-9-16-18-19-20/h2-4,8-10,12,15H,5-7H2,1H3,(H,17,21). The highest BCUT2D eigenvalue weighted by Crippen LogP contribution is 2.12. The molecule has 0 aliphatic carbocycles. The van der Waals surface area contributed by atoms with Gasteiger partial charge in [0.15, 0.2) is 0 Å². The summed E-state index contributed by atoms with van der Waals surface area (Å²) >= 11 is 0. The van der Waals surface area contributed by atoms with Crippen LogP contribution < -0.4 is 10.6 Å². The lowest BCUT2D eigenvalue weighted by atomic mass is 10.0. The predicted molar refractivity (Wildman–Crippen MR) is 77.1 cm³/mol. The Bertz CT molecular complexity index is 612. The molecule has 2 aromatic rings. The van der Waals surface area contributed by atoms with E-state index < -0.39 is 0 Å². The van der Waals surface area contributed by atoms with Gasteiger partial charge in [-0.1, -0.05) is 6.07 Å². The molecule has 1 aromatic heterocycles. The Morgan fingerprint density at radius 1 is 1.48 bits per heavy atom. The Hall–Kier alpha value is -2.28. The van der Waals surface area contributed by atoms with Gasteiger partial charge in [0.05, 0.1) is 5.69 Å². The maximum atomic E-state index is 12.3. The summed E-state index contributed by atoms with van der Waals surface area (Å²) in [7, 11) is 0. The number of carbonyl (C=O) groups excluding carboxylic acids is 1. The number of hydrogen-bond acceptors (Lipinski definition) is 5. The molecule has 1 fully saturated rings. The van der Waals surface area contributed by atoms with Crippen LogP contribution in [0.4, 0.5) is 0 Å². The maximum Gasteiger partial charge on any atom is 0.251 e. The van der Waals surface area contributed by atoms with Crippen molar-refractivity contribution in [2.24, 2.45) is 0 Å². The lowest BCUT2D eigenvalue weighted by Crippen LogP contribution is -2.46. The summed E-state index contributed by atoms with van der Waals surface area (Å²) < 4.78 is 1.53. The first kappa shape index (κ1) is 13.7. The van der Waals surface area contributed by atoms with Crippen LogP contribution in [0.15, 0.2) is 30.6 Å². The first-order valence-corrected chi connectivity index (χ1v) is 7.10. The van der Waals surface area contributed by atoms with Crippen molar-refractivity contribution in [2.75, 3.05) is 6.54 Å². The van der Waals surface area contributed by atoms with Gasteiger partial charge in [-0.25, -0.2) is 4.68 Å². The van der Waals surface area contributed by atoms with Crippen LogP contribution >= 0.6 is 0 Å². The molecule has 0 radical (unpaired) electrons. The zero-order valence-corrected chi connectivity index (χ0v) is 11.9. The molecule has 0 spiro atoms. The first-order chi connectivity index (χ1) is 10.2. The van der Waals surface area contributed by atoms with Gasteiger partial charge in [-0.15, -0.1) is 5.10 Å². The normalized spacial score (nSPS) is 22.0. The van der Waals surface area contributed by atoms with E-state index in [1.54, 1.807) is 12.1 Å². The van der Waals surface area contributed by atoms with E-state index >= 15 is 0 Å². The van der Waals surface area contributed by atoms with Gasteiger partial charge in [-0.2, -0.15) is 0 Å². The van der Waals surface area contributed by atoms with Gasteiger partial charge < -0.3 is 10.6 Å². The summed E-state index contributed by atoms with van der Waals surface area (Å²) in [5.74, 6) is -0.0518. The molecule has 1 aromatic carbocycles. The number of hydrogen-bond donors (Lipinski definition) is 2. The summed E-state index contributed by atoms with van der Waals surface area (Å²) in [4.78, 5) is 12.3. The van der Waals surface area contributed by atoms with E-state index in [1.165, 1.54) is 11.0 Å². The Kier molecular flexibility index (Phi) is 3.92. The third-order valence-electron chi connectivity index (χ3n) is 3.68. The Labute approximate surface area is 122 Å². The van der Waals surface area contributed by atoms with Crippen LogP contribution in [0, 0.1) is 0 Å². The smallest absolute Gasteiger partial charge is 0.251 e. The maximum absolute atomic E-state index is 12.3. The van der Waals surface area contributed by atoms with Crippen molar-refractivity contribution < 1.29 is 4.79 Å². The second-order valence-corrected chi connectivity index (χ2v) is 5.35.